The molecule has 1 heterocycles. The predicted molar refractivity (Wildman–Crippen MR) is 103 cm³/mol. The number of nitrogens with zero attached hydrogens (tertiary/aromatic N) is 2. The number of aliphatic imine (C=N–C) groups is 1. The van der Waals surface area contributed by atoms with E-state index in [9.17, 15) is 17.6 Å². The summed E-state index contributed by atoms with van der Waals surface area (Å²) in [5, 5.41) is 3.03. The van der Waals surface area contributed by atoms with E-state index in [0.717, 1.165) is 5.56 Å². The SMILES string of the molecule is CCNC(=NCCC(F)(F)F)N1CC(C)OC(c2ccc(F)cc2)C1.I. The minimum Gasteiger partial charge on any atom is -0.367 e. The average molecular weight is 489 g/mol. The minimum absolute atomic E-state index is 0. The molecule has 0 aromatic heterocycles. The van der Waals surface area contributed by atoms with Crippen LogP contribution < -0.4 is 5.32 Å². The molecular weight excluding hydrogens is 465 g/mol. The van der Waals surface area contributed by atoms with Gasteiger partial charge in [-0.05, 0) is 31.5 Å². The van der Waals surface area contributed by atoms with Crippen LogP contribution in [0.15, 0.2) is 29.3 Å². The Kier molecular flexibility index (Phi) is 9.08. The van der Waals surface area contributed by atoms with Crippen LogP contribution in [0, 0.1) is 5.82 Å². The first-order valence-corrected chi connectivity index (χ1v) is 8.29. The van der Waals surface area contributed by atoms with Gasteiger partial charge >= 0.3 is 6.18 Å². The number of nitrogens with one attached hydrogen (secondary N) is 1. The lowest BCUT2D eigenvalue weighted by Gasteiger charge is -2.38. The van der Waals surface area contributed by atoms with E-state index in [1.54, 1.807) is 12.1 Å². The van der Waals surface area contributed by atoms with Gasteiger partial charge in [0.15, 0.2) is 5.96 Å². The molecular formula is C17H24F4IN3O. The van der Waals surface area contributed by atoms with Crippen LogP contribution >= 0.6 is 24.0 Å². The maximum Gasteiger partial charge on any atom is 0.390 e. The Balaban J connectivity index is 0.00000338. The average Bonchev–Trinajstić information content (AvgIpc) is 2.53. The standard InChI is InChI=1S/C17H23F4N3O.HI/c1-3-22-16(23-9-8-17(19,20)21)24-10-12(2)25-15(11-24)13-4-6-14(18)7-5-13;/h4-7,12,15H,3,8-11H2,1-2H3,(H,22,23);1H. The van der Waals surface area contributed by atoms with Crippen molar-refractivity contribution in [2.75, 3.05) is 26.2 Å². The fourth-order valence-corrected chi connectivity index (χ4v) is 2.70. The Morgan fingerprint density at radius 3 is 2.50 bits per heavy atom. The van der Waals surface area contributed by atoms with Gasteiger partial charge in [0.1, 0.15) is 11.9 Å². The maximum atomic E-state index is 13.1. The highest BCUT2D eigenvalue weighted by atomic mass is 127. The van der Waals surface area contributed by atoms with Crippen LogP contribution in [-0.4, -0.2) is 49.3 Å². The van der Waals surface area contributed by atoms with E-state index in [2.05, 4.69) is 10.3 Å². The van der Waals surface area contributed by atoms with Crippen LogP contribution in [0.3, 0.4) is 0 Å². The molecule has 1 fully saturated rings. The van der Waals surface area contributed by atoms with Gasteiger partial charge < -0.3 is 15.0 Å². The van der Waals surface area contributed by atoms with Gasteiger partial charge in [0, 0.05) is 13.1 Å². The lowest BCUT2D eigenvalue weighted by molar-refractivity contribution is -0.132. The second kappa shape index (κ2) is 10.3. The van der Waals surface area contributed by atoms with E-state index < -0.39 is 12.6 Å². The Labute approximate surface area is 168 Å². The molecule has 9 heteroatoms. The molecule has 1 aromatic rings. The smallest absolute Gasteiger partial charge is 0.367 e. The first-order valence-electron chi connectivity index (χ1n) is 8.29. The highest BCUT2D eigenvalue weighted by molar-refractivity contribution is 14.0. The molecule has 0 saturated carbocycles. The molecule has 2 atom stereocenters. The van der Waals surface area contributed by atoms with Crippen molar-refractivity contribution in [2.45, 2.75) is 38.7 Å². The third-order valence-corrected chi connectivity index (χ3v) is 3.79. The summed E-state index contributed by atoms with van der Waals surface area (Å²) < 4.78 is 56.1. The molecule has 0 aliphatic carbocycles. The first kappa shape index (κ1) is 22.9. The quantitative estimate of drug-likeness (QED) is 0.299. The Morgan fingerprint density at radius 1 is 1.27 bits per heavy atom. The number of benzene rings is 1. The summed E-state index contributed by atoms with van der Waals surface area (Å²) in [5.74, 6) is 0.112. The Bertz CT molecular complexity index is 580. The third-order valence-electron chi connectivity index (χ3n) is 3.79. The van der Waals surface area contributed by atoms with E-state index >= 15 is 0 Å². The van der Waals surface area contributed by atoms with Gasteiger partial charge in [0.2, 0.25) is 0 Å². The monoisotopic (exact) mass is 489 g/mol. The normalized spacial score (nSPS) is 21.3. The van der Waals surface area contributed by atoms with Crippen molar-refractivity contribution in [3.05, 3.63) is 35.6 Å². The summed E-state index contributed by atoms with van der Waals surface area (Å²) >= 11 is 0. The molecule has 0 bridgehead atoms. The molecule has 2 unspecified atom stereocenters. The van der Waals surface area contributed by atoms with E-state index in [1.165, 1.54) is 12.1 Å². The molecule has 0 radical (unpaired) electrons. The maximum absolute atomic E-state index is 13.1. The molecule has 1 aliphatic heterocycles. The molecule has 1 aromatic carbocycles. The minimum atomic E-state index is -4.23. The Hall–Kier alpha value is -1.10. The molecule has 26 heavy (non-hydrogen) atoms. The predicted octanol–water partition coefficient (Wildman–Crippen LogP) is 4.12. The fourth-order valence-electron chi connectivity index (χ4n) is 2.70. The molecule has 148 valence electrons. The number of hydrogen-bond acceptors (Lipinski definition) is 2. The van der Waals surface area contributed by atoms with Crippen LogP contribution in [0.5, 0.6) is 0 Å². The van der Waals surface area contributed by atoms with Gasteiger partial charge in [-0.25, -0.2) is 4.39 Å². The lowest BCUT2D eigenvalue weighted by atomic mass is 10.1. The third kappa shape index (κ3) is 7.26. The topological polar surface area (TPSA) is 36.9 Å². The second-order valence-corrected chi connectivity index (χ2v) is 5.99. The van der Waals surface area contributed by atoms with Gasteiger partial charge in [-0.15, -0.1) is 24.0 Å². The van der Waals surface area contributed by atoms with Crippen molar-refractivity contribution in [2.24, 2.45) is 4.99 Å². The zero-order chi connectivity index (χ0) is 18.4. The summed E-state index contributed by atoms with van der Waals surface area (Å²) in [7, 11) is 0. The van der Waals surface area contributed by atoms with Crippen molar-refractivity contribution in [3.8, 4) is 0 Å². The van der Waals surface area contributed by atoms with E-state index in [-0.39, 0.29) is 48.5 Å². The van der Waals surface area contributed by atoms with Crippen molar-refractivity contribution in [1.82, 2.24) is 10.2 Å². The number of morpholine rings is 1. The van der Waals surface area contributed by atoms with Gasteiger partial charge in [-0.1, -0.05) is 12.1 Å². The highest BCUT2D eigenvalue weighted by Gasteiger charge is 2.29. The largest absolute Gasteiger partial charge is 0.390 e. The molecule has 1 N–H and O–H groups in total. The summed E-state index contributed by atoms with van der Waals surface area (Å²) in [6, 6.07) is 6.05. The van der Waals surface area contributed by atoms with Crippen LogP contribution in [0.2, 0.25) is 0 Å². The summed E-state index contributed by atoms with van der Waals surface area (Å²) in [6.07, 6.45) is -5.61. The lowest BCUT2D eigenvalue weighted by Crippen LogP contribution is -2.50. The highest BCUT2D eigenvalue weighted by Crippen LogP contribution is 2.25. The van der Waals surface area contributed by atoms with Crippen molar-refractivity contribution >= 4 is 29.9 Å². The van der Waals surface area contributed by atoms with E-state index in [0.29, 0.717) is 25.6 Å². The molecule has 2 rings (SSSR count). The number of alkyl halides is 3. The van der Waals surface area contributed by atoms with Crippen molar-refractivity contribution in [1.29, 1.82) is 0 Å². The molecule has 0 amide bonds. The number of guanidine groups is 1. The van der Waals surface area contributed by atoms with Crippen LogP contribution in [0.1, 0.15) is 31.9 Å². The first-order chi connectivity index (χ1) is 11.8. The second-order valence-electron chi connectivity index (χ2n) is 5.99. The van der Waals surface area contributed by atoms with Crippen molar-refractivity contribution < 1.29 is 22.3 Å². The number of halogens is 5. The zero-order valence-electron chi connectivity index (χ0n) is 14.7. The number of ether oxygens (including phenoxy) is 1. The van der Waals surface area contributed by atoms with Crippen LogP contribution in [-0.2, 0) is 4.74 Å². The van der Waals surface area contributed by atoms with Crippen LogP contribution in [0.4, 0.5) is 17.6 Å². The molecule has 4 nitrogen and oxygen atoms in total. The molecule has 0 spiro atoms. The van der Waals surface area contributed by atoms with Crippen LogP contribution in [0.25, 0.3) is 0 Å². The number of rotatable bonds is 4. The molecule has 1 saturated heterocycles. The zero-order valence-corrected chi connectivity index (χ0v) is 17.1. The summed E-state index contributed by atoms with van der Waals surface area (Å²) in [5.41, 5.74) is 0.823. The van der Waals surface area contributed by atoms with Crippen molar-refractivity contribution in [3.63, 3.8) is 0 Å². The Morgan fingerprint density at radius 2 is 1.92 bits per heavy atom. The van der Waals surface area contributed by atoms with Gasteiger partial charge in [-0.3, -0.25) is 4.99 Å². The number of hydrogen-bond donors (Lipinski definition) is 1. The summed E-state index contributed by atoms with van der Waals surface area (Å²) in [4.78, 5) is 5.99. The van der Waals surface area contributed by atoms with E-state index in [1.807, 2.05) is 18.7 Å². The summed E-state index contributed by atoms with van der Waals surface area (Å²) in [6.45, 7) is 4.95. The molecule has 1 aliphatic rings. The van der Waals surface area contributed by atoms with E-state index in [4.69, 9.17) is 4.74 Å². The van der Waals surface area contributed by atoms with Gasteiger partial charge in [0.25, 0.3) is 0 Å². The van der Waals surface area contributed by atoms with Gasteiger partial charge in [0.05, 0.1) is 25.6 Å². The fraction of sp³-hybridized carbons (Fsp3) is 0.588. The van der Waals surface area contributed by atoms with Gasteiger partial charge in [-0.2, -0.15) is 13.2 Å².